The number of unbranched alkanes of at least 4 members (excludes halogenated alkanes) is 2. The van der Waals surface area contributed by atoms with Gasteiger partial charge in [-0.25, -0.2) is 4.39 Å². The van der Waals surface area contributed by atoms with Gasteiger partial charge in [-0.1, -0.05) is 25.8 Å². The summed E-state index contributed by atoms with van der Waals surface area (Å²) >= 11 is 0. The number of nitrogens with zero attached hydrogens (tertiary/aromatic N) is 1. The molecule has 1 aromatic carbocycles. The van der Waals surface area contributed by atoms with E-state index >= 15 is 0 Å². The van der Waals surface area contributed by atoms with E-state index in [1.54, 1.807) is 30.5 Å². The van der Waals surface area contributed by atoms with E-state index < -0.39 is 0 Å². The lowest BCUT2D eigenvalue weighted by atomic mass is 10.2. The first-order valence-electron chi connectivity index (χ1n) is 7.46. The lowest BCUT2D eigenvalue weighted by molar-refractivity contribution is 0.0948. The van der Waals surface area contributed by atoms with Crippen molar-refractivity contribution in [2.45, 2.75) is 26.2 Å². The van der Waals surface area contributed by atoms with Crippen LogP contribution in [0, 0.1) is 5.82 Å². The van der Waals surface area contributed by atoms with Crippen molar-refractivity contribution in [1.29, 1.82) is 0 Å². The van der Waals surface area contributed by atoms with E-state index in [0.29, 0.717) is 23.6 Å². The second kappa shape index (κ2) is 8.12. The zero-order chi connectivity index (χ0) is 15.8. The normalized spacial score (nSPS) is 10.3. The molecule has 1 amide bonds. The monoisotopic (exact) mass is 301 g/mol. The van der Waals surface area contributed by atoms with Crippen LogP contribution < -0.4 is 10.6 Å². The summed E-state index contributed by atoms with van der Waals surface area (Å²) in [7, 11) is 0. The zero-order valence-electron chi connectivity index (χ0n) is 12.6. The van der Waals surface area contributed by atoms with Crippen LogP contribution in [0.2, 0.25) is 0 Å². The number of halogens is 1. The van der Waals surface area contributed by atoms with Gasteiger partial charge in [0.1, 0.15) is 11.5 Å². The van der Waals surface area contributed by atoms with Crippen molar-refractivity contribution in [3.05, 3.63) is 54.1 Å². The van der Waals surface area contributed by atoms with Crippen LogP contribution in [0.5, 0.6) is 0 Å². The van der Waals surface area contributed by atoms with Gasteiger partial charge in [-0.3, -0.25) is 9.78 Å². The van der Waals surface area contributed by atoms with Gasteiger partial charge < -0.3 is 10.6 Å². The summed E-state index contributed by atoms with van der Waals surface area (Å²) in [6.45, 7) is 2.76. The molecule has 116 valence electrons. The molecule has 0 spiro atoms. The molecule has 1 heterocycles. The van der Waals surface area contributed by atoms with Crippen LogP contribution in [0.1, 0.15) is 36.7 Å². The topological polar surface area (TPSA) is 54.0 Å². The molecule has 4 nitrogen and oxygen atoms in total. The number of carbonyl (C=O) groups excluding carboxylic acids is 1. The maximum Gasteiger partial charge on any atom is 0.269 e. The van der Waals surface area contributed by atoms with Gasteiger partial charge in [0.05, 0.1) is 0 Å². The summed E-state index contributed by atoms with van der Waals surface area (Å²) in [5.41, 5.74) is 1.66. The molecule has 0 radical (unpaired) electrons. The van der Waals surface area contributed by atoms with Crippen LogP contribution >= 0.6 is 0 Å². The highest BCUT2D eigenvalue weighted by Gasteiger charge is 2.07. The lowest BCUT2D eigenvalue weighted by Gasteiger charge is -2.08. The molecule has 2 N–H and O–H groups in total. The van der Waals surface area contributed by atoms with Crippen LogP contribution in [0.3, 0.4) is 0 Å². The van der Waals surface area contributed by atoms with Gasteiger partial charge in [0, 0.05) is 24.1 Å². The number of amides is 1. The Hall–Kier alpha value is -2.43. The maximum absolute atomic E-state index is 13.2. The fraction of sp³-hybridized carbons (Fsp3) is 0.294. The second-order valence-corrected chi connectivity index (χ2v) is 5.03. The Labute approximate surface area is 129 Å². The van der Waals surface area contributed by atoms with Crippen molar-refractivity contribution in [3.63, 3.8) is 0 Å². The van der Waals surface area contributed by atoms with Gasteiger partial charge in [0.15, 0.2) is 0 Å². The first-order valence-corrected chi connectivity index (χ1v) is 7.46. The molecule has 0 aliphatic carbocycles. The Morgan fingerprint density at radius 1 is 1.18 bits per heavy atom. The second-order valence-electron chi connectivity index (χ2n) is 5.03. The molecule has 0 saturated heterocycles. The van der Waals surface area contributed by atoms with Gasteiger partial charge in [0.25, 0.3) is 5.91 Å². The molecule has 5 heteroatoms. The number of pyridine rings is 1. The smallest absolute Gasteiger partial charge is 0.269 e. The molecule has 0 atom stereocenters. The molecule has 2 aromatic rings. The molecule has 0 bridgehead atoms. The molecule has 0 saturated carbocycles. The molecule has 22 heavy (non-hydrogen) atoms. The molecule has 2 rings (SSSR count). The van der Waals surface area contributed by atoms with E-state index in [1.165, 1.54) is 12.1 Å². The van der Waals surface area contributed by atoms with Crippen LogP contribution in [0.25, 0.3) is 0 Å². The Bertz CT molecular complexity index is 631. The van der Waals surface area contributed by atoms with Gasteiger partial charge >= 0.3 is 0 Å². The zero-order valence-corrected chi connectivity index (χ0v) is 12.6. The van der Waals surface area contributed by atoms with E-state index in [0.717, 1.165) is 19.3 Å². The summed E-state index contributed by atoms with van der Waals surface area (Å²) in [6.07, 6.45) is 4.72. The van der Waals surface area contributed by atoms with E-state index in [-0.39, 0.29) is 11.7 Å². The summed E-state index contributed by atoms with van der Waals surface area (Å²) in [5, 5.41) is 5.90. The SMILES string of the molecule is CCCCCNC(=O)c1cc(Nc2cccc(F)c2)ccn1. The van der Waals surface area contributed by atoms with Gasteiger partial charge in [-0.15, -0.1) is 0 Å². The standard InChI is InChI=1S/C17H20FN3O/c1-2-3-4-9-20-17(22)16-12-15(8-10-19-16)21-14-7-5-6-13(18)11-14/h5-8,10-12H,2-4,9H2,1H3,(H,19,21)(H,20,22). The third-order valence-corrected chi connectivity index (χ3v) is 3.17. The van der Waals surface area contributed by atoms with E-state index in [9.17, 15) is 9.18 Å². The molecular formula is C17H20FN3O. The van der Waals surface area contributed by atoms with E-state index in [2.05, 4.69) is 22.5 Å². The van der Waals surface area contributed by atoms with Crippen molar-refractivity contribution < 1.29 is 9.18 Å². The highest BCUT2D eigenvalue weighted by atomic mass is 19.1. The summed E-state index contributed by atoms with van der Waals surface area (Å²) in [6, 6.07) is 9.55. The fourth-order valence-corrected chi connectivity index (χ4v) is 2.03. The first kappa shape index (κ1) is 15.9. The third kappa shape index (κ3) is 4.84. The Balaban J connectivity index is 1.98. The third-order valence-electron chi connectivity index (χ3n) is 3.17. The van der Waals surface area contributed by atoms with Crippen molar-refractivity contribution in [2.24, 2.45) is 0 Å². The predicted molar refractivity (Wildman–Crippen MR) is 85.8 cm³/mol. The number of aromatic nitrogens is 1. The summed E-state index contributed by atoms with van der Waals surface area (Å²) in [4.78, 5) is 16.1. The first-order chi connectivity index (χ1) is 10.7. The lowest BCUT2D eigenvalue weighted by Crippen LogP contribution is -2.25. The van der Waals surface area contributed by atoms with Gasteiger partial charge in [-0.2, -0.15) is 0 Å². The van der Waals surface area contributed by atoms with Gasteiger partial charge in [-0.05, 0) is 36.8 Å². The molecule has 0 unspecified atom stereocenters. The molecule has 0 fully saturated rings. The van der Waals surface area contributed by atoms with Gasteiger partial charge in [0.2, 0.25) is 0 Å². The molecule has 1 aromatic heterocycles. The highest BCUT2D eigenvalue weighted by Crippen LogP contribution is 2.17. The number of rotatable bonds is 7. The number of nitrogens with one attached hydrogen (secondary N) is 2. The summed E-state index contributed by atoms with van der Waals surface area (Å²) in [5.74, 6) is -0.507. The van der Waals surface area contributed by atoms with E-state index in [4.69, 9.17) is 0 Å². The minimum Gasteiger partial charge on any atom is -0.355 e. The predicted octanol–water partition coefficient (Wildman–Crippen LogP) is 3.88. The molecular weight excluding hydrogens is 281 g/mol. The quantitative estimate of drug-likeness (QED) is 0.763. The van der Waals surface area contributed by atoms with Crippen molar-refractivity contribution in [2.75, 3.05) is 11.9 Å². The summed E-state index contributed by atoms with van der Waals surface area (Å²) < 4.78 is 13.2. The maximum atomic E-state index is 13.2. The van der Waals surface area contributed by atoms with E-state index in [1.807, 2.05) is 0 Å². The Kier molecular flexibility index (Phi) is 5.89. The Morgan fingerprint density at radius 3 is 2.77 bits per heavy atom. The number of hydrogen-bond donors (Lipinski definition) is 2. The average Bonchev–Trinajstić information content (AvgIpc) is 2.52. The average molecular weight is 301 g/mol. The number of hydrogen-bond acceptors (Lipinski definition) is 3. The van der Waals surface area contributed by atoms with Crippen LogP contribution in [-0.2, 0) is 0 Å². The fourth-order valence-electron chi connectivity index (χ4n) is 2.03. The molecule has 0 aliphatic rings. The number of benzene rings is 1. The largest absolute Gasteiger partial charge is 0.355 e. The number of anilines is 2. The van der Waals surface area contributed by atoms with Crippen molar-refractivity contribution in [1.82, 2.24) is 10.3 Å². The molecule has 0 aliphatic heterocycles. The van der Waals surface area contributed by atoms with Crippen LogP contribution in [0.15, 0.2) is 42.6 Å². The minimum absolute atomic E-state index is 0.195. The van der Waals surface area contributed by atoms with Crippen LogP contribution in [0.4, 0.5) is 15.8 Å². The highest BCUT2D eigenvalue weighted by molar-refractivity contribution is 5.93. The minimum atomic E-state index is -0.312. The number of carbonyl (C=O) groups is 1. The Morgan fingerprint density at radius 2 is 2.00 bits per heavy atom. The van der Waals surface area contributed by atoms with Crippen molar-refractivity contribution in [3.8, 4) is 0 Å². The van der Waals surface area contributed by atoms with Crippen molar-refractivity contribution >= 4 is 17.3 Å². The van der Waals surface area contributed by atoms with Crippen LogP contribution in [-0.4, -0.2) is 17.4 Å².